The van der Waals surface area contributed by atoms with Crippen LogP contribution >= 0.6 is 0 Å². The van der Waals surface area contributed by atoms with E-state index in [1.54, 1.807) is 43.4 Å². The third-order valence-corrected chi connectivity index (χ3v) is 7.57. The van der Waals surface area contributed by atoms with Crippen LogP contribution in [0.4, 0.5) is 0 Å². The number of methoxy groups -OCH3 is 2. The molecular weight excluding hydrogens is 528 g/mol. The minimum atomic E-state index is -0.156. The van der Waals surface area contributed by atoms with Gasteiger partial charge in [-0.15, -0.1) is 0 Å². The molecule has 1 fully saturated rings. The minimum absolute atomic E-state index is 0.0280. The summed E-state index contributed by atoms with van der Waals surface area (Å²) in [5, 5.41) is 0. The molecule has 1 aliphatic rings. The third kappa shape index (κ3) is 7.10. The summed E-state index contributed by atoms with van der Waals surface area (Å²) < 4.78 is 16.9. The van der Waals surface area contributed by atoms with Gasteiger partial charge in [-0.2, -0.15) is 0 Å². The molecule has 4 aromatic carbocycles. The summed E-state index contributed by atoms with van der Waals surface area (Å²) in [6.45, 7) is 1.30. The fourth-order valence-electron chi connectivity index (χ4n) is 5.25. The summed E-state index contributed by atoms with van der Waals surface area (Å²) in [5.74, 6) is 1.71. The van der Waals surface area contributed by atoms with E-state index in [1.807, 2.05) is 71.6 Å². The molecule has 0 N–H and O–H groups in total. The molecule has 0 unspecified atom stereocenters. The van der Waals surface area contributed by atoms with E-state index in [2.05, 4.69) is 12.1 Å². The Hall–Kier alpha value is -4.78. The number of aryl methyl sites for hydroxylation is 1. The van der Waals surface area contributed by atoms with Gasteiger partial charge in [-0.25, -0.2) is 0 Å². The van der Waals surface area contributed by atoms with Gasteiger partial charge in [0.25, 0.3) is 5.91 Å². The van der Waals surface area contributed by atoms with Gasteiger partial charge in [0.15, 0.2) is 11.5 Å². The molecule has 0 radical (unpaired) electrons. The standard InChI is InChI=1S/C35H36N2O5/c1-40-31-18-15-29(16-19-31)35(39)36-23-30(17-13-26-9-5-3-6-10-26)37(34(38)24-36)22-28-14-20-32(41-2)33(21-28)42-25-27-11-7-4-8-12-27/h3-12,14-16,18-21,30H,13,17,22-25H2,1-2H3/t30-/m0/s1. The lowest BCUT2D eigenvalue weighted by Gasteiger charge is -2.41. The number of hydrogen-bond acceptors (Lipinski definition) is 5. The van der Waals surface area contributed by atoms with Gasteiger partial charge in [0, 0.05) is 18.7 Å². The average Bonchev–Trinajstić information content (AvgIpc) is 3.04. The number of carbonyl (C=O) groups is 2. The number of carbonyl (C=O) groups excluding carboxylic acids is 2. The minimum Gasteiger partial charge on any atom is -0.497 e. The summed E-state index contributed by atoms with van der Waals surface area (Å²) >= 11 is 0. The highest BCUT2D eigenvalue weighted by Crippen LogP contribution is 2.30. The van der Waals surface area contributed by atoms with E-state index in [4.69, 9.17) is 14.2 Å². The van der Waals surface area contributed by atoms with E-state index in [0.29, 0.717) is 42.5 Å². The van der Waals surface area contributed by atoms with Crippen molar-refractivity contribution in [3.63, 3.8) is 0 Å². The second-order valence-electron chi connectivity index (χ2n) is 10.4. The number of ether oxygens (including phenoxy) is 3. The molecule has 1 aliphatic heterocycles. The SMILES string of the molecule is COc1ccc(C(=O)N2CC(=O)N(Cc3ccc(OC)c(OCc4ccccc4)c3)[C@@H](CCc3ccccc3)C2)cc1. The molecule has 0 aliphatic carbocycles. The van der Waals surface area contributed by atoms with Crippen molar-refractivity contribution >= 4 is 11.8 Å². The van der Waals surface area contributed by atoms with Gasteiger partial charge < -0.3 is 24.0 Å². The Bertz CT molecular complexity index is 1470. The summed E-state index contributed by atoms with van der Waals surface area (Å²) in [7, 11) is 3.21. The van der Waals surface area contributed by atoms with Crippen LogP contribution in [0, 0.1) is 0 Å². The second-order valence-corrected chi connectivity index (χ2v) is 10.4. The first-order valence-corrected chi connectivity index (χ1v) is 14.1. The maximum atomic E-state index is 13.6. The van der Waals surface area contributed by atoms with Crippen LogP contribution < -0.4 is 14.2 Å². The van der Waals surface area contributed by atoms with E-state index in [9.17, 15) is 9.59 Å². The van der Waals surface area contributed by atoms with Gasteiger partial charge in [0.1, 0.15) is 18.9 Å². The van der Waals surface area contributed by atoms with Gasteiger partial charge in [-0.05, 0) is 65.9 Å². The summed E-state index contributed by atoms with van der Waals surface area (Å²) in [4.78, 5) is 30.6. The number of hydrogen-bond donors (Lipinski definition) is 0. The molecule has 0 bridgehead atoms. The number of benzene rings is 4. The third-order valence-electron chi connectivity index (χ3n) is 7.57. The van der Waals surface area contributed by atoms with Crippen LogP contribution in [0.15, 0.2) is 103 Å². The Kier molecular flexibility index (Phi) is 9.39. The van der Waals surface area contributed by atoms with Gasteiger partial charge in [-0.1, -0.05) is 66.7 Å². The van der Waals surface area contributed by atoms with Crippen molar-refractivity contribution in [3.05, 3.63) is 125 Å². The first-order chi connectivity index (χ1) is 20.5. The summed E-state index contributed by atoms with van der Waals surface area (Å²) in [5.41, 5.74) is 3.73. The lowest BCUT2D eigenvalue weighted by Crippen LogP contribution is -2.57. The molecule has 0 aromatic heterocycles. The van der Waals surface area contributed by atoms with Crippen molar-refractivity contribution < 1.29 is 23.8 Å². The van der Waals surface area contributed by atoms with Crippen LogP contribution in [-0.4, -0.2) is 55.0 Å². The van der Waals surface area contributed by atoms with Crippen molar-refractivity contribution in [3.8, 4) is 17.2 Å². The summed E-state index contributed by atoms with van der Waals surface area (Å²) in [6.07, 6.45) is 1.53. The number of nitrogens with zero attached hydrogens (tertiary/aromatic N) is 2. The van der Waals surface area contributed by atoms with E-state index >= 15 is 0 Å². The Balaban J connectivity index is 1.35. The monoisotopic (exact) mass is 564 g/mol. The van der Waals surface area contributed by atoms with E-state index in [1.165, 1.54) is 5.56 Å². The smallest absolute Gasteiger partial charge is 0.254 e. The first kappa shape index (κ1) is 28.7. The fraction of sp³-hybridized carbons (Fsp3) is 0.257. The van der Waals surface area contributed by atoms with Crippen LogP contribution in [0.5, 0.6) is 17.2 Å². The van der Waals surface area contributed by atoms with Crippen LogP contribution in [0.2, 0.25) is 0 Å². The first-order valence-electron chi connectivity index (χ1n) is 14.1. The molecule has 7 nitrogen and oxygen atoms in total. The Labute approximate surface area is 247 Å². The Morgan fingerprint density at radius 3 is 2.14 bits per heavy atom. The second kappa shape index (κ2) is 13.7. The largest absolute Gasteiger partial charge is 0.497 e. The molecule has 42 heavy (non-hydrogen) atoms. The zero-order valence-corrected chi connectivity index (χ0v) is 24.1. The Morgan fingerprint density at radius 1 is 0.786 bits per heavy atom. The molecule has 4 aromatic rings. The highest BCUT2D eigenvalue weighted by Gasteiger charge is 2.35. The highest BCUT2D eigenvalue weighted by atomic mass is 16.5. The Morgan fingerprint density at radius 2 is 1.48 bits per heavy atom. The predicted molar refractivity (Wildman–Crippen MR) is 162 cm³/mol. The number of piperazine rings is 1. The maximum Gasteiger partial charge on any atom is 0.254 e. The average molecular weight is 565 g/mol. The van der Waals surface area contributed by atoms with E-state index in [-0.39, 0.29) is 24.4 Å². The van der Waals surface area contributed by atoms with Crippen molar-refractivity contribution in [1.82, 2.24) is 9.80 Å². The lowest BCUT2D eigenvalue weighted by atomic mass is 10.00. The van der Waals surface area contributed by atoms with Gasteiger partial charge in [0.2, 0.25) is 5.91 Å². The van der Waals surface area contributed by atoms with Crippen molar-refractivity contribution in [2.75, 3.05) is 27.3 Å². The van der Waals surface area contributed by atoms with Crippen LogP contribution in [0.1, 0.15) is 33.5 Å². The maximum absolute atomic E-state index is 13.6. The molecule has 1 heterocycles. The lowest BCUT2D eigenvalue weighted by molar-refractivity contribution is -0.139. The van der Waals surface area contributed by atoms with Gasteiger partial charge >= 0.3 is 0 Å². The number of amides is 2. The molecule has 7 heteroatoms. The highest BCUT2D eigenvalue weighted by molar-refractivity contribution is 5.97. The van der Waals surface area contributed by atoms with Crippen molar-refractivity contribution in [2.24, 2.45) is 0 Å². The van der Waals surface area contributed by atoms with Gasteiger partial charge in [0.05, 0.1) is 20.3 Å². The van der Waals surface area contributed by atoms with Crippen LogP contribution in [0.3, 0.4) is 0 Å². The predicted octanol–water partition coefficient (Wildman–Crippen LogP) is 5.77. The molecule has 216 valence electrons. The summed E-state index contributed by atoms with van der Waals surface area (Å²) in [6, 6.07) is 32.8. The quantitative estimate of drug-likeness (QED) is 0.231. The fourth-order valence-corrected chi connectivity index (χ4v) is 5.25. The zero-order chi connectivity index (χ0) is 29.3. The van der Waals surface area contributed by atoms with Crippen molar-refractivity contribution in [2.45, 2.75) is 32.0 Å². The zero-order valence-electron chi connectivity index (χ0n) is 24.1. The van der Waals surface area contributed by atoms with Gasteiger partial charge in [-0.3, -0.25) is 9.59 Å². The molecule has 2 amide bonds. The normalized spacial score (nSPS) is 14.9. The topological polar surface area (TPSA) is 68.3 Å². The number of rotatable bonds is 11. The van der Waals surface area contributed by atoms with E-state index in [0.717, 1.165) is 24.0 Å². The molecule has 1 atom stereocenters. The van der Waals surface area contributed by atoms with Crippen molar-refractivity contribution in [1.29, 1.82) is 0 Å². The molecule has 5 rings (SSSR count). The van der Waals surface area contributed by atoms with Crippen LogP contribution in [0.25, 0.3) is 0 Å². The molecule has 0 saturated carbocycles. The molecule has 0 spiro atoms. The van der Waals surface area contributed by atoms with E-state index < -0.39 is 0 Å². The molecular formula is C35H36N2O5. The van der Waals surface area contributed by atoms with Crippen LogP contribution in [-0.2, 0) is 24.4 Å². The molecule has 1 saturated heterocycles.